The van der Waals surface area contributed by atoms with E-state index in [1.807, 2.05) is 19.1 Å². The average Bonchev–Trinajstić information content (AvgIpc) is 2.90. The lowest BCUT2D eigenvalue weighted by Crippen LogP contribution is -2.34. The summed E-state index contributed by atoms with van der Waals surface area (Å²) in [6, 6.07) is 6.75. The summed E-state index contributed by atoms with van der Waals surface area (Å²) < 4.78 is 1.59. The molecule has 0 unspecified atom stereocenters. The van der Waals surface area contributed by atoms with Crippen molar-refractivity contribution in [1.82, 2.24) is 20.1 Å². The first-order chi connectivity index (χ1) is 12.4. The average molecular weight is 372 g/mol. The fourth-order valence-corrected chi connectivity index (χ4v) is 3.04. The molecule has 26 heavy (non-hydrogen) atoms. The third-order valence-corrected chi connectivity index (χ3v) is 4.45. The van der Waals surface area contributed by atoms with E-state index >= 15 is 0 Å². The maximum absolute atomic E-state index is 12.4. The third-order valence-electron chi connectivity index (χ3n) is 4.06. The van der Waals surface area contributed by atoms with E-state index < -0.39 is 11.9 Å². The first-order valence-electron chi connectivity index (χ1n) is 8.09. The van der Waals surface area contributed by atoms with Crippen LogP contribution in [0.15, 0.2) is 30.5 Å². The molecule has 2 heterocycles. The van der Waals surface area contributed by atoms with Crippen LogP contribution in [0.5, 0.6) is 0 Å². The van der Waals surface area contributed by atoms with Gasteiger partial charge in [-0.3, -0.25) is 14.8 Å². The number of imide groups is 1. The maximum atomic E-state index is 12.4. The number of anilines is 1. The summed E-state index contributed by atoms with van der Waals surface area (Å²) >= 11 is 6.35. The van der Waals surface area contributed by atoms with Crippen molar-refractivity contribution in [3.8, 4) is 0 Å². The Morgan fingerprint density at radius 3 is 2.58 bits per heavy atom. The second kappa shape index (κ2) is 7.13. The van der Waals surface area contributed by atoms with Crippen molar-refractivity contribution in [2.75, 3.05) is 5.32 Å². The van der Waals surface area contributed by atoms with Gasteiger partial charge in [0.2, 0.25) is 0 Å². The number of carbonyl (C=O) groups excluding carboxylic acids is 2. The second-order valence-electron chi connectivity index (χ2n) is 5.85. The number of amides is 3. The summed E-state index contributed by atoms with van der Waals surface area (Å²) in [5.74, 6) is -0.629. The molecular weight excluding hydrogens is 354 g/mol. The van der Waals surface area contributed by atoms with Gasteiger partial charge in [0, 0.05) is 18.9 Å². The Kier molecular flexibility index (Phi) is 4.90. The van der Waals surface area contributed by atoms with Crippen molar-refractivity contribution in [3.63, 3.8) is 0 Å². The Morgan fingerprint density at radius 1 is 1.23 bits per heavy atom. The predicted octanol–water partition coefficient (Wildman–Crippen LogP) is 3.45. The minimum Gasteiger partial charge on any atom is -0.308 e. The Hall–Kier alpha value is -2.93. The molecule has 1 aromatic carbocycles. The van der Waals surface area contributed by atoms with Crippen molar-refractivity contribution < 1.29 is 9.59 Å². The second-order valence-corrected chi connectivity index (χ2v) is 6.23. The van der Waals surface area contributed by atoms with E-state index in [0.717, 1.165) is 12.0 Å². The molecule has 0 fully saturated rings. The number of hydrogen-bond acceptors (Lipinski definition) is 4. The number of hydrogen-bond donors (Lipinski definition) is 2. The van der Waals surface area contributed by atoms with Crippen molar-refractivity contribution in [2.45, 2.75) is 20.3 Å². The molecule has 0 bridgehead atoms. The molecule has 0 spiro atoms. The molecule has 0 aliphatic rings. The predicted molar refractivity (Wildman–Crippen MR) is 101 cm³/mol. The first kappa shape index (κ1) is 17.9. The van der Waals surface area contributed by atoms with Crippen LogP contribution in [0.4, 0.5) is 10.5 Å². The van der Waals surface area contributed by atoms with Crippen molar-refractivity contribution in [1.29, 1.82) is 0 Å². The molecule has 0 saturated carbocycles. The SMILES string of the molecule is CCc1ccc(NC(=O)NC(=O)c2cnc3c(c(C)nn3C)c2Cl)cc1. The molecule has 2 aromatic heterocycles. The van der Waals surface area contributed by atoms with Gasteiger partial charge in [-0.05, 0) is 31.0 Å². The fraction of sp³-hybridized carbons (Fsp3) is 0.222. The minimum atomic E-state index is -0.640. The normalized spacial score (nSPS) is 10.8. The summed E-state index contributed by atoms with van der Waals surface area (Å²) in [5, 5.41) is 9.94. The summed E-state index contributed by atoms with van der Waals surface area (Å²) in [5.41, 5.74) is 3.10. The van der Waals surface area contributed by atoms with E-state index in [2.05, 4.69) is 20.7 Å². The fourth-order valence-electron chi connectivity index (χ4n) is 2.68. The quantitative estimate of drug-likeness (QED) is 0.737. The van der Waals surface area contributed by atoms with Crippen molar-refractivity contribution >= 4 is 40.3 Å². The highest BCUT2D eigenvalue weighted by Crippen LogP contribution is 2.27. The van der Waals surface area contributed by atoms with Gasteiger partial charge in [0.05, 0.1) is 21.7 Å². The number of pyridine rings is 1. The highest BCUT2D eigenvalue weighted by atomic mass is 35.5. The molecule has 2 N–H and O–H groups in total. The van der Waals surface area contributed by atoms with Gasteiger partial charge in [-0.15, -0.1) is 0 Å². The van der Waals surface area contributed by atoms with Crippen LogP contribution in [0.1, 0.15) is 28.5 Å². The molecule has 7 nitrogen and oxygen atoms in total. The lowest BCUT2D eigenvalue weighted by atomic mass is 10.1. The molecule has 0 saturated heterocycles. The largest absolute Gasteiger partial charge is 0.326 e. The molecule has 3 aromatic rings. The molecule has 0 aliphatic carbocycles. The van der Waals surface area contributed by atoms with Crippen LogP contribution >= 0.6 is 11.6 Å². The number of fused-ring (bicyclic) bond motifs is 1. The number of nitrogens with zero attached hydrogens (tertiary/aromatic N) is 3. The molecule has 0 aliphatic heterocycles. The standard InChI is InChI=1S/C18H18ClN5O2/c1-4-11-5-7-12(8-6-11)21-18(26)22-17(25)13-9-20-16-14(15(13)19)10(2)23-24(16)3/h5-9H,4H2,1-3H3,(H2,21,22,25,26). The summed E-state index contributed by atoms with van der Waals surface area (Å²) in [4.78, 5) is 28.7. The first-order valence-corrected chi connectivity index (χ1v) is 8.47. The number of rotatable bonds is 3. The highest BCUT2D eigenvalue weighted by molar-refractivity contribution is 6.38. The van der Waals surface area contributed by atoms with Gasteiger partial charge in [0.1, 0.15) is 0 Å². The van der Waals surface area contributed by atoms with E-state index in [1.54, 1.807) is 30.8 Å². The van der Waals surface area contributed by atoms with Gasteiger partial charge in [0.25, 0.3) is 5.91 Å². The number of aryl methyl sites for hydroxylation is 3. The highest BCUT2D eigenvalue weighted by Gasteiger charge is 2.19. The van der Waals surface area contributed by atoms with E-state index in [4.69, 9.17) is 11.6 Å². The summed E-state index contributed by atoms with van der Waals surface area (Å²) in [7, 11) is 1.75. The van der Waals surface area contributed by atoms with Crippen LogP contribution in [0, 0.1) is 6.92 Å². The topological polar surface area (TPSA) is 88.9 Å². The molecule has 3 amide bonds. The van der Waals surface area contributed by atoms with Gasteiger partial charge < -0.3 is 5.32 Å². The van der Waals surface area contributed by atoms with Gasteiger partial charge in [-0.25, -0.2) is 9.78 Å². The smallest absolute Gasteiger partial charge is 0.308 e. The van der Waals surface area contributed by atoms with Crippen LogP contribution < -0.4 is 10.6 Å². The zero-order chi connectivity index (χ0) is 18.8. The van der Waals surface area contributed by atoms with Crippen LogP contribution in [-0.4, -0.2) is 26.7 Å². The number of halogens is 1. The Bertz CT molecular complexity index is 995. The van der Waals surface area contributed by atoms with Crippen molar-refractivity contribution in [2.24, 2.45) is 7.05 Å². The van der Waals surface area contributed by atoms with Gasteiger partial charge in [-0.1, -0.05) is 30.7 Å². The number of nitrogens with one attached hydrogen (secondary N) is 2. The lowest BCUT2D eigenvalue weighted by Gasteiger charge is -2.08. The Labute approximate surface area is 155 Å². The van der Waals surface area contributed by atoms with Crippen LogP contribution in [0.25, 0.3) is 11.0 Å². The van der Waals surface area contributed by atoms with E-state index in [0.29, 0.717) is 22.4 Å². The van der Waals surface area contributed by atoms with Crippen LogP contribution in [0.3, 0.4) is 0 Å². The Morgan fingerprint density at radius 2 is 1.92 bits per heavy atom. The molecule has 3 rings (SSSR count). The van der Waals surface area contributed by atoms with Gasteiger partial charge in [-0.2, -0.15) is 5.10 Å². The number of urea groups is 1. The molecule has 0 radical (unpaired) electrons. The molecule has 0 atom stereocenters. The minimum absolute atomic E-state index is 0.117. The molecule has 134 valence electrons. The van der Waals surface area contributed by atoms with Crippen LogP contribution in [-0.2, 0) is 13.5 Å². The monoisotopic (exact) mass is 371 g/mol. The summed E-state index contributed by atoms with van der Waals surface area (Å²) in [6.45, 7) is 3.83. The van der Waals surface area contributed by atoms with Crippen molar-refractivity contribution in [3.05, 3.63) is 52.3 Å². The maximum Gasteiger partial charge on any atom is 0.326 e. The van der Waals surface area contributed by atoms with Gasteiger partial charge in [0.15, 0.2) is 5.65 Å². The number of benzene rings is 1. The zero-order valence-corrected chi connectivity index (χ0v) is 15.4. The van der Waals surface area contributed by atoms with E-state index in [1.165, 1.54) is 6.20 Å². The number of carbonyl (C=O) groups is 2. The van der Waals surface area contributed by atoms with Crippen LogP contribution in [0.2, 0.25) is 5.02 Å². The Balaban J connectivity index is 1.77. The molecular formula is C18H18ClN5O2. The van der Waals surface area contributed by atoms with E-state index in [-0.39, 0.29) is 10.6 Å². The molecule has 8 heteroatoms. The third kappa shape index (κ3) is 3.39. The zero-order valence-electron chi connectivity index (χ0n) is 14.6. The van der Waals surface area contributed by atoms with Gasteiger partial charge >= 0.3 is 6.03 Å². The summed E-state index contributed by atoms with van der Waals surface area (Å²) in [6.07, 6.45) is 2.25. The lowest BCUT2D eigenvalue weighted by molar-refractivity contribution is 0.0967. The van der Waals surface area contributed by atoms with E-state index in [9.17, 15) is 9.59 Å². The number of aromatic nitrogens is 3.